The number of hydrogen-bond acceptors (Lipinski definition) is 7. The van der Waals surface area contributed by atoms with Crippen LogP contribution >= 0.6 is 22.9 Å². The zero-order chi connectivity index (χ0) is 17.9. The topological polar surface area (TPSA) is 90.4 Å². The van der Waals surface area contributed by atoms with Gasteiger partial charge in [-0.2, -0.15) is 4.98 Å². The molecule has 1 aliphatic rings. The minimum Gasteiger partial charge on any atom is -0.480 e. The Morgan fingerprint density at radius 2 is 1.92 bits per heavy atom. The van der Waals surface area contributed by atoms with Crippen LogP contribution in [0.25, 0.3) is 0 Å². The average molecular weight is 404 g/mol. The summed E-state index contributed by atoms with van der Waals surface area (Å²) < 4.78 is 38.9. The second-order valence-corrected chi connectivity index (χ2v) is 9.33. The average Bonchev–Trinajstić information content (AvgIpc) is 3.04. The van der Waals surface area contributed by atoms with Crippen molar-refractivity contribution in [3.05, 3.63) is 28.9 Å². The third-order valence-electron chi connectivity index (χ3n) is 3.90. The number of hydrogen-bond donors (Lipinski definition) is 1. The standard InChI is InChI=1S/C15H18ClN3O4S2/c1-22-13-8-17-9-14(18-13)23-11-4-2-10(3-5-11)19-25(20,21)15-7-6-12(16)24-15/h6-11,19H,2-5H2,1H3. The molecule has 7 nitrogen and oxygen atoms in total. The fourth-order valence-corrected chi connectivity index (χ4v) is 5.48. The second kappa shape index (κ2) is 7.86. The Kier molecular flexibility index (Phi) is 5.78. The summed E-state index contributed by atoms with van der Waals surface area (Å²) in [5, 5.41) is 0. The van der Waals surface area contributed by atoms with Gasteiger partial charge >= 0.3 is 0 Å². The molecule has 0 saturated heterocycles. The summed E-state index contributed by atoms with van der Waals surface area (Å²) in [6, 6.07) is 2.99. The van der Waals surface area contributed by atoms with Crippen molar-refractivity contribution in [1.82, 2.24) is 14.7 Å². The maximum Gasteiger partial charge on any atom is 0.250 e. The molecular formula is C15H18ClN3O4S2. The SMILES string of the molecule is COc1cncc(OC2CCC(NS(=O)(=O)c3ccc(Cl)s3)CC2)n1. The van der Waals surface area contributed by atoms with E-state index in [1.165, 1.54) is 25.6 Å². The van der Waals surface area contributed by atoms with Crippen molar-refractivity contribution in [1.29, 1.82) is 0 Å². The summed E-state index contributed by atoms with van der Waals surface area (Å²) in [4.78, 5) is 8.18. The molecule has 1 aliphatic carbocycles. The fraction of sp³-hybridized carbons (Fsp3) is 0.467. The van der Waals surface area contributed by atoms with Crippen molar-refractivity contribution in [3.63, 3.8) is 0 Å². The van der Waals surface area contributed by atoms with E-state index in [4.69, 9.17) is 21.1 Å². The molecule has 0 bridgehead atoms. The van der Waals surface area contributed by atoms with E-state index in [9.17, 15) is 8.42 Å². The van der Waals surface area contributed by atoms with Crippen molar-refractivity contribution < 1.29 is 17.9 Å². The maximum absolute atomic E-state index is 12.3. The molecule has 0 spiro atoms. The summed E-state index contributed by atoms with van der Waals surface area (Å²) in [5.41, 5.74) is 0. The summed E-state index contributed by atoms with van der Waals surface area (Å²) in [6.45, 7) is 0. The molecule has 1 saturated carbocycles. The minimum absolute atomic E-state index is 0.0154. The van der Waals surface area contributed by atoms with Crippen molar-refractivity contribution in [2.24, 2.45) is 0 Å². The Bertz CT molecular complexity index is 820. The van der Waals surface area contributed by atoms with Crippen molar-refractivity contribution in [3.8, 4) is 11.8 Å². The number of thiophene rings is 1. The van der Waals surface area contributed by atoms with Crippen LogP contribution < -0.4 is 14.2 Å². The number of halogens is 1. The van der Waals surface area contributed by atoms with Gasteiger partial charge in [0.2, 0.25) is 21.8 Å². The van der Waals surface area contributed by atoms with E-state index < -0.39 is 10.0 Å². The summed E-state index contributed by atoms with van der Waals surface area (Å²) in [6.07, 6.45) is 5.89. The van der Waals surface area contributed by atoms with Gasteiger partial charge < -0.3 is 9.47 Å². The van der Waals surface area contributed by atoms with Crippen LogP contribution in [0.1, 0.15) is 25.7 Å². The molecule has 10 heteroatoms. The Morgan fingerprint density at radius 3 is 2.56 bits per heavy atom. The van der Waals surface area contributed by atoms with Crippen LogP contribution in [0.5, 0.6) is 11.8 Å². The Hall–Kier alpha value is -1.42. The van der Waals surface area contributed by atoms with Crippen LogP contribution in [0.2, 0.25) is 4.34 Å². The van der Waals surface area contributed by atoms with Gasteiger partial charge in [-0.15, -0.1) is 11.3 Å². The summed E-state index contributed by atoms with van der Waals surface area (Å²) in [5.74, 6) is 0.810. The summed E-state index contributed by atoms with van der Waals surface area (Å²) in [7, 11) is -2.00. The number of rotatable bonds is 6. The molecule has 0 radical (unpaired) electrons. The predicted molar refractivity (Wildman–Crippen MR) is 94.9 cm³/mol. The third kappa shape index (κ3) is 4.81. The van der Waals surface area contributed by atoms with E-state index in [1.54, 1.807) is 6.07 Å². The number of nitrogens with one attached hydrogen (secondary N) is 1. The van der Waals surface area contributed by atoms with Crippen LogP contribution in [0.3, 0.4) is 0 Å². The molecule has 0 amide bonds. The molecule has 1 N–H and O–H groups in total. The third-order valence-corrected chi connectivity index (χ3v) is 7.14. The number of sulfonamides is 1. The minimum atomic E-state index is -3.52. The normalized spacial score (nSPS) is 21.0. The fourth-order valence-electron chi connectivity index (χ4n) is 2.68. The molecule has 25 heavy (non-hydrogen) atoms. The van der Waals surface area contributed by atoms with E-state index in [-0.39, 0.29) is 16.4 Å². The monoisotopic (exact) mass is 403 g/mol. The second-order valence-electron chi connectivity index (χ2n) is 5.67. The van der Waals surface area contributed by atoms with Crippen molar-refractivity contribution in [2.45, 2.75) is 42.0 Å². The van der Waals surface area contributed by atoms with E-state index in [1.807, 2.05) is 0 Å². The first kappa shape index (κ1) is 18.4. The zero-order valence-corrected chi connectivity index (χ0v) is 15.9. The maximum atomic E-state index is 12.3. The van der Waals surface area contributed by atoms with Gasteiger partial charge in [-0.05, 0) is 37.8 Å². The molecule has 2 aromatic heterocycles. The Morgan fingerprint density at radius 1 is 1.20 bits per heavy atom. The van der Waals surface area contributed by atoms with Crippen LogP contribution in [-0.2, 0) is 10.0 Å². The van der Waals surface area contributed by atoms with Crippen molar-refractivity contribution >= 4 is 33.0 Å². The molecule has 0 aliphatic heterocycles. The highest BCUT2D eigenvalue weighted by molar-refractivity contribution is 7.91. The highest BCUT2D eigenvalue weighted by Crippen LogP contribution is 2.28. The van der Waals surface area contributed by atoms with Crippen LogP contribution in [0.15, 0.2) is 28.7 Å². The lowest BCUT2D eigenvalue weighted by Gasteiger charge is -2.28. The lowest BCUT2D eigenvalue weighted by atomic mass is 9.94. The van der Waals surface area contributed by atoms with Gasteiger partial charge in [0.25, 0.3) is 0 Å². The predicted octanol–water partition coefficient (Wildman–Crippen LogP) is 2.87. The van der Waals surface area contributed by atoms with E-state index in [0.717, 1.165) is 24.2 Å². The molecule has 0 atom stereocenters. The molecular weight excluding hydrogens is 386 g/mol. The first-order valence-corrected chi connectivity index (χ1v) is 10.4. The highest BCUT2D eigenvalue weighted by Gasteiger charge is 2.27. The smallest absolute Gasteiger partial charge is 0.250 e. The highest BCUT2D eigenvalue weighted by atomic mass is 35.5. The molecule has 0 aromatic carbocycles. The van der Waals surface area contributed by atoms with Gasteiger partial charge in [-0.25, -0.2) is 13.1 Å². The van der Waals surface area contributed by atoms with E-state index in [2.05, 4.69) is 14.7 Å². The van der Waals surface area contributed by atoms with Gasteiger partial charge in [-0.3, -0.25) is 4.98 Å². The lowest BCUT2D eigenvalue weighted by molar-refractivity contribution is 0.136. The van der Waals surface area contributed by atoms with Crippen LogP contribution in [0.4, 0.5) is 0 Å². The quantitative estimate of drug-likeness (QED) is 0.797. The van der Waals surface area contributed by atoms with Crippen LogP contribution in [0, 0.1) is 0 Å². The summed E-state index contributed by atoms with van der Waals surface area (Å²) >= 11 is 6.87. The molecule has 0 unspecified atom stereocenters. The first-order chi connectivity index (χ1) is 12.0. The zero-order valence-electron chi connectivity index (χ0n) is 13.5. The number of aromatic nitrogens is 2. The Balaban J connectivity index is 1.53. The number of ether oxygens (including phenoxy) is 2. The number of nitrogens with zero attached hydrogens (tertiary/aromatic N) is 2. The van der Waals surface area contributed by atoms with Crippen LogP contribution in [-0.4, -0.2) is 37.6 Å². The van der Waals surface area contributed by atoms with Gasteiger partial charge in [0, 0.05) is 6.04 Å². The van der Waals surface area contributed by atoms with Gasteiger partial charge in [0.05, 0.1) is 23.8 Å². The van der Waals surface area contributed by atoms with Crippen molar-refractivity contribution in [2.75, 3.05) is 7.11 Å². The first-order valence-electron chi connectivity index (χ1n) is 7.76. The van der Waals surface area contributed by atoms with E-state index in [0.29, 0.717) is 28.9 Å². The number of methoxy groups -OCH3 is 1. The van der Waals surface area contributed by atoms with Gasteiger partial charge in [0.15, 0.2) is 0 Å². The largest absolute Gasteiger partial charge is 0.480 e. The molecule has 2 heterocycles. The van der Waals surface area contributed by atoms with Gasteiger partial charge in [0.1, 0.15) is 10.3 Å². The Labute approximate surface area is 155 Å². The van der Waals surface area contributed by atoms with E-state index >= 15 is 0 Å². The lowest BCUT2D eigenvalue weighted by Crippen LogP contribution is -2.39. The molecule has 136 valence electrons. The molecule has 2 aromatic rings. The molecule has 3 rings (SSSR count). The molecule has 1 fully saturated rings. The van der Waals surface area contributed by atoms with Gasteiger partial charge in [-0.1, -0.05) is 11.6 Å².